The lowest BCUT2D eigenvalue weighted by Gasteiger charge is -2.30. The van der Waals surface area contributed by atoms with E-state index in [1.54, 1.807) is 0 Å². The Morgan fingerprint density at radius 3 is 2.46 bits per heavy atom. The maximum atomic E-state index is 9.41. The van der Waals surface area contributed by atoms with Crippen molar-refractivity contribution in [3.05, 3.63) is 0 Å². The lowest BCUT2D eigenvalue weighted by atomic mass is 9.78. The molecule has 1 atom stereocenters. The number of aliphatic hydroxyl groups excluding tert-OH is 1. The summed E-state index contributed by atoms with van der Waals surface area (Å²) in [5.74, 6) is 0.722. The van der Waals surface area contributed by atoms with Gasteiger partial charge in [0, 0.05) is 12.0 Å². The molecule has 1 aliphatic carbocycles. The molecule has 0 aromatic rings. The van der Waals surface area contributed by atoms with Gasteiger partial charge >= 0.3 is 0 Å². The SMILES string of the molecule is CCCCCC(CN)(CO)C1CC1. The third-order valence-electron chi connectivity index (χ3n) is 3.44. The molecule has 1 unspecified atom stereocenters. The van der Waals surface area contributed by atoms with E-state index < -0.39 is 0 Å². The summed E-state index contributed by atoms with van der Waals surface area (Å²) in [4.78, 5) is 0. The fourth-order valence-electron chi connectivity index (χ4n) is 2.17. The lowest BCUT2D eigenvalue weighted by Crippen LogP contribution is -2.36. The minimum absolute atomic E-state index is 0.0785. The Labute approximate surface area is 81.5 Å². The van der Waals surface area contributed by atoms with Crippen LogP contribution in [0.5, 0.6) is 0 Å². The van der Waals surface area contributed by atoms with Gasteiger partial charge in [-0.25, -0.2) is 0 Å². The second-order valence-electron chi connectivity index (χ2n) is 4.46. The van der Waals surface area contributed by atoms with E-state index in [1.165, 1.54) is 32.1 Å². The first-order chi connectivity index (χ1) is 6.29. The number of hydrogen-bond donors (Lipinski definition) is 2. The molecule has 1 fully saturated rings. The molecule has 1 saturated carbocycles. The molecule has 1 aliphatic rings. The molecule has 2 nitrogen and oxygen atoms in total. The second-order valence-corrected chi connectivity index (χ2v) is 4.46. The molecule has 3 N–H and O–H groups in total. The zero-order valence-corrected chi connectivity index (χ0v) is 8.76. The third-order valence-corrected chi connectivity index (χ3v) is 3.44. The Morgan fingerprint density at radius 2 is 2.08 bits per heavy atom. The van der Waals surface area contributed by atoms with Crippen LogP contribution in [0, 0.1) is 11.3 Å². The second kappa shape index (κ2) is 4.97. The Morgan fingerprint density at radius 1 is 1.38 bits per heavy atom. The maximum Gasteiger partial charge on any atom is 0.0502 e. The van der Waals surface area contributed by atoms with Crippen molar-refractivity contribution in [2.75, 3.05) is 13.2 Å². The van der Waals surface area contributed by atoms with Crippen molar-refractivity contribution in [3.8, 4) is 0 Å². The fraction of sp³-hybridized carbons (Fsp3) is 1.00. The van der Waals surface area contributed by atoms with Crippen molar-refractivity contribution in [2.24, 2.45) is 17.1 Å². The van der Waals surface area contributed by atoms with Crippen molar-refractivity contribution in [1.82, 2.24) is 0 Å². The molecule has 0 spiro atoms. The molecule has 78 valence electrons. The lowest BCUT2D eigenvalue weighted by molar-refractivity contribution is 0.0963. The van der Waals surface area contributed by atoms with Crippen molar-refractivity contribution in [1.29, 1.82) is 0 Å². The summed E-state index contributed by atoms with van der Waals surface area (Å²) in [5, 5.41) is 9.41. The largest absolute Gasteiger partial charge is 0.396 e. The first-order valence-corrected chi connectivity index (χ1v) is 5.60. The molecule has 0 amide bonds. The molecule has 1 rings (SSSR count). The van der Waals surface area contributed by atoms with Crippen molar-refractivity contribution >= 4 is 0 Å². The molecule has 0 aliphatic heterocycles. The van der Waals surface area contributed by atoms with Crippen molar-refractivity contribution < 1.29 is 5.11 Å². The molecule has 0 saturated heterocycles. The van der Waals surface area contributed by atoms with Crippen molar-refractivity contribution in [2.45, 2.75) is 45.4 Å². The van der Waals surface area contributed by atoms with E-state index in [0.717, 1.165) is 12.3 Å². The van der Waals surface area contributed by atoms with E-state index in [2.05, 4.69) is 6.92 Å². The maximum absolute atomic E-state index is 9.41. The monoisotopic (exact) mass is 185 g/mol. The van der Waals surface area contributed by atoms with Gasteiger partial charge in [0.15, 0.2) is 0 Å². The molecule has 0 bridgehead atoms. The van der Waals surface area contributed by atoms with Gasteiger partial charge in [-0.05, 0) is 25.2 Å². The highest BCUT2D eigenvalue weighted by molar-refractivity contribution is 4.94. The molecule has 13 heavy (non-hydrogen) atoms. The number of unbranched alkanes of at least 4 members (excludes halogenated alkanes) is 2. The number of rotatable bonds is 7. The highest BCUT2D eigenvalue weighted by Gasteiger charge is 2.42. The van der Waals surface area contributed by atoms with E-state index in [-0.39, 0.29) is 12.0 Å². The number of hydrogen-bond acceptors (Lipinski definition) is 2. The van der Waals surface area contributed by atoms with Gasteiger partial charge in [-0.1, -0.05) is 26.2 Å². The molecule has 0 aromatic heterocycles. The van der Waals surface area contributed by atoms with E-state index in [0.29, 0.717) is 6.54 Å². The van der Waals surface area contributed by atoms with Gasteiger partial charge < -0.3 is 10.8 Å². The van der Waals surface area contributed by atoms with Crippen LogP contribution in [0.4, 0.5) is 0 Å². The highest BCUT2D eigenvalue weighted by atomic mass is 16.3. The predicted molar refractivity (Wildman–Crippen MR) is 55.4 cm³/mol. The minimum atomic E-state index is 0.0785. The summed E-state index contributed by atoms with van der Waals surface area (Å²) in [6.07, 6.45) is 7.43. The fourth-order valence-corrected chi connectivity index (χ4v) is 2.17. The van der Waals surface area contributed by atoms with Gasteiger partial charge in [0.05, 0.1) is 6.61 Å². The third kappa shape index (κ3) is 2.68. The summed E-state index contributed by atoms with van der Waals surface area (Å²) in [7, 11) is 0. The topological polar surface area (TPSA) is 46.2 Å². The van der Waals surface area contributed by atoms with Gasteiger partial charge in [0.25, 0.3) is 0 Å². The zero-order valence-electron chi connectivity index (χ0n) is 8.76. The predicted octanol–water partition coefficient (Wildman–Crippen LogP) is 1.91. The average molecular weight is 185 g/mol. The average Bonchev–Trinajstić information content (AvgIpc) is 2.97. The summed E-state index contributed by atoms with van der Waals surface area (Å²) in [6, 6.07) is 0. The van der Waals surface area contributed by atoms with Crippen LogP contribution in [0.15, 0.2) is 0 Å². The van der Waals surface area contributed by atoms with E-state index in [9.17, 15) is 5.11 Å². The quantitative estimate of drug-likeness (QED) is 0.595. The van der Waals surface area contributed by atoms with Crippen LogP contribution in [0.1, 0.15) is 45.4 Å². The molecular formula is C11H23NO. The van der Waals surface area contributed by atoms with Gasteiger partial charge in [0.2, 0.25) is 0 Å². The van der Waals surface area contributed by atoms with Gasteiger partial charge in [-0.2, -0.15) is 0 Å². The van der Waals surface area contributed by atoms with Gasteiger partial charge in [0.1, 0.15) is 0 Å². The first-order valence-electron chi connectivity index (χ1n) is 5.60. The highest BCUT2D eigenvalue weighted by Crippen LogP contribution is 2.47. The molecule has 0 heterocycles. The Kier molecular flexibility index (Phi) is 4.20. The van der Waals surface area contributed by atoms with Crippen LogP contribution in [0.2, 0.25) is 0 Å². The standard InChI is InChI=1S/C11H23NO/c1-2-3-4-7-11(8-12,9-13)10-5-6-10/h10,13H,2-9,12H2,1H3. The van der Waals surface area contributed by atoms with Crippen LogP contribution in [-0.4, -0.2) is 18.3 Å². The summed E-state index contributed by atoms with van der Waals surface area (Å²) < 4.78 is 0. The Balaban J connectivity index is 2.35. The Hall–Kier alpha value is -0.0800. The Bertz CT molecular complexity index is 139. The van der Waals surface area contributed by atoms with E-state index >= 15 is 0 Å². The summed E-state index contributed by atoms with van der Waals surface area (Å²) >= 11 is 0. The summed E-state index contributed by atoms with van der Waals surface area (Å²) in [6.45, 7) is 3.16. The molecule has 0 radical (unpaired) electrons. The summed E-state index contributed by atoms with van der Waals surface area (Å²) in [5.41, 5.74) is 5.86. The van der Waals surface area contributed by atoms with Crippen LogP contribution in [-0.2, 0) is 0 Å². The molecule has 2 heteroatoms. The zero-order chi connectivity index (χ0) is 9.73. The van der Waals surface area contributed by atoms with Gasteiger partial charge in [-0.3, -0.25) is 0 Å². The first kappa shape index (κ1) is 11.0. The normalized spacial score (nSPS) is 21.5. The molecular weight excluding hydrogens is 162 g/mol. The van der Waals surface area contributed by atoms with E-state index in [4.69, 9.17) is 5.73 Å². The number of aliphatic hydroxyl groups is 1. The smallest absolute Gasteiger partial charge is 0.0502 e. The number of nitrogens with two attached hydrogens (primary N) is 1. The van der Waals surface area contributed by atoms with Crippen LogP contribution < -0.4 is 5.73 Å². The van der Waals surface area contributed by atoms with E-state index in [1.807, 2.05) is 0 Å². The van der Waals surface area contributed by atoms with Crippen LogP contribution in [0.3, 0.4) is 0 Å². The minimum Gasteiger partial charge on any atom is -0.396 e. The van der Waals surface area contributed by atoms with Crippen molar-refractivity contribution in [3.63, 3.8) is 0 Å². The van der Waals surface area contributed by atoms with Crippen LogP contribution >= 0.6 is 0 Å². The van der Waals surface area contributed by atoms with Crippen LogP contribution in [0.25, 0.3) is 0 Å². The molecule has 0 aromatic carbocycles. The van der Waals surface area contributed by atoms with Gasteiger partial charge in [-0.15, -0.1) is 0 Å².